The van der Waals surface area contributed by atoms with Crippen LogP contribution in [0.2, 0.25) is 0 Å². The molecule has 40 heavy (non-hydrogen) atoms. The first-order chi connectivity index (χ1) is 18.8. The maximum atomic E-state index is 14.1. The molecule has 0 aliphatic rings. The van der Waals surface area contributed by atoms with Gasteiger partial charge in [0.1, 0.15) is 23.4 Å². The fourth-order valence-corrected chi connectivity index (χ4v) is 4.62. The van der Waals surface area contributed by atoms with Gasteiger partial charge in [-0.05, 0) is 87.2 Å². The van der Waals surface area contributed by atoms with Crippen LogP contribution in [0, 0.1) is 6.92 Å². The smallest absolute Gasteiger partial charge is 0.408 e. The SMILES string of the molecule is CCC(C)N(C(=O)C(CS)NC(=O)OC(C)(C)C)C(C(=O)Nc1ccc2ccccc2c1)c1ccc(O)c(C)c1. The molecule has 0 spiro atoms. The summed E-state index contributed by atoms with van der Waals surface area (Å²) in [5.41, 5.74) is 0.919. The van der Waals surface area contributed by atoms with Crippen LogP contribution in [-0.4, -0.2) is 51.4 Å². The monoisotopic (exact) mass is 565 g/mol. The number of phenolic OH excluding ortho intramolecular Hbond substituents is 1. The van der Waals surface area contributed by atoms with Crippen molar-refractivity contribution in [3.63, 3.8) is 0 Å². The normalized spacial score (nSPS) is 13.7. The number of alkyl carbamates (subject to hydrolysis) is 1. The number of fused-ring (bicyclic) bond motifs is 1. The topological polar surface area (TPSA) is 108 Å². The van der Waals surface area contributed by atoms with Gasteiger partial charge in [0, 0.05) is 17.5 Å². The van der Waals surface area contributed by atoms with Crippen LogP contribution in [-0.2, 0) is 14.3 Å². The Balaban J connectivity index is 2.04. The molecule has 0 bridgehead atoms. The van der Waals surface area contributed by atoms with Crippen molar-refractivity contribution in [3.8, 4) is 5.75 Å². The van der Waals surface area contributed by atoms with Gasteiger partial charge in [-0.1, -0.05) is 43.3 Å². The van der Waals surface area contributed by atoms with Crippen LogP contribution in [0.15, 0.2) is 60.7 Å². The number of aryl methyl sites for hydroxylation is 1. The van der Waals surface area contributed by atoms with Crippen molar-refractivity contribution in [2.24, 2.45) is 0 Å². The lowest BCUT2D eigenvalue weighted by Crippen LogP contribution is -2.55. The number of benzene rings is 3. The number of nitrogens with zero attached hydrogens (tertiary/aromatic N) is 1. The molecule has 3 atom stereocenters. The molecule has 0 aromatic heterocycles. The first-order valence-corrected chi connectivity index (χ1v) is 14.0. The number of rotatable bonds is 9. The molecule has 0 aliphatic carbocycles. The number of ether oxygens (including phenoxy) is 1. The summed E-state index contributed by atoms with van der Waals surface area (Å²) in [6.07, 6.45) is -0.199. The van der Waals surface area contributed by atoms with E-state index < -0.39 is 35.6 Å². The van der Waals surface area contributed by atoms with Crippen molar-refractivity contribution < 1.29 is 24.2 Å². The van der Waals surface area contributed by atoms with E-state index in [9.17, 15) is 19.5 Å². The number of phenols is 1. The number of hydrogen-bond acceptors (Lipinski definition) is 6. The Morgan fingerprint density at radius 1 is 1.02 bits per heavy atom. The zero-order chi connectivity index (χ0) is 29.6. The molecule has 0 radical (unpaired) electrons. The lowest BCUT2D eigenvalue weighted by atomic mass is 9.98. The maximum Gasteiger partial charge on any atom is 0.408 e. The lowest BCUT2D eigenvalue weighted by Gasteiger charge is -2.38. The Bertz CT molecular complexity index is 1370. The van der Waals surface area contributed by atoms with E-state index >= 15 is 0 Å². The Kier molecular flexibility index (Phi) is 10.1. The Morgan fingerprint density at radius 3 is 2.30 bits per heavy atom. The predicted octanol–water partition coefficient (Wildman–Crippen LogP) is 5.98. The summed E-state index contributed by atoms with van der Waals surface area (Å²) >= 11 is 4.33. The maximum absolute atomic E-state index is 14.1. The zero-order valence-corrected chi connectivity index (χ0v) is 24.8. The van der Waals surface area contributed by atoms with Crippen LogP contribution in [0.5, 0.6) is 5.75 Å². The average molecular weight is 566 g/mol. The summed E-state index contributed by atoms with van der Waals surface area (Å²) < 4.78 is 5.36. The van der Waals surface area contributed by atoms with Crippen molar-refractivity contribution in [2.75, 3.05) is 11.1 Å². The van der Waals surface area contributed by atoms with Gasteiger partial charge in [0.05, 0.1) is 0 Å². The predicted molar refractivity (Wildman–Crippen MR) is 162 cm³/mol. The van der Waals surface area contributed by atoms with E-state index in [0.29, 0.717) is 23.2 Å². The second-order valence-electron chi connectivity index (χ2n) is 10.9. The molecule has 3 amide bonds. The Hall–Kier alpha value is -3.72. The first-order valence-electron chi connectivity index (χ1n) is 13.4. The summed E-state index contributed by atoms with van der Waals surface area (Å²) in [4.78, 5) is 42.1. The van der Waals surface area contributed by atoms with Crippen LogP contribution in [0.25, 0.3) is 10.8 Å². The molecule has 3 unspecified atom stereocenters. The molecular formula is C31H39N3O5S. The third kappa shape index (κ3) is 7.69. The molecule has 3 aromatic carbocycles. The van der Waals surface area contributed by atoms with Gasteiger partial charge in [-0.3, -0.25) is 9.59 Å². The van der Waals surface area contributed by atoms with Gasteiger partial charge < -0.3 is 25.4 Å². The van der Waals surface area contributed by atoms with Crippen molar-refractivity contribution >= 4 is 47.0 Å². The Morgan fingerprint density at radius 2 is 1.70 bits per heavy atom. The van der Waals surface area contributed by atoms with E-state index in [0.717, 1.165) is 10.8 Å². The molecule has 8 nitrogen and oxygen atoms in total. The molecule has 0 heterocycles. The molecule has 0 aliphatic heterocycles. The van der Waals surface area contributed by atoms with E-state index in [1.807, 2.05) is 56.3 Å². The van der Waals surface area contributed by atoms with E-state index in [-0.39, 0.29) is 17.5 Å². The number of anilines is 1. The summed E-state index contributed by atoms with van der Waals surface area (Å²) in [5.74, 6) is -0.819. The molecule has 9 heteroatoms. The third-order valence-electron chi connectivity index (χ3n) is 6.57. The first kappa shape index (κ1) is 30.8. The quantitative estimate of drug-likeness (QED) is 0.239. The number of aromatic hydroxyl groups is 1. The van der Waals surface area contributed by atoms with Crippen molar-refractivity contribution in [1.29, 1.82) is 0 Å². The van der Waals surface area contributed by atoms with Gasteiger partial charge in [0.2, 0.25) is 5.91 Å². The largest absolute Gasteiger partial charge is 0.508 e. The highest BCUT2D eigenvalue weighted by atomic mass is 32.1. The third-order valence-corrected chi connectivity index (χ3v) is 6.94. The summed E-state index contributed by atoms with van der Waals surface area (Å²) in [6, 6.07) is 15.8. The number of carbonyl (C=O) groups excluding carboxylic acids is 3. The van der Waals surface area contributed by atoms with Gasteiger partial charge >= 0.3 is 6.09 Å². The highest BCUT2D eigenvalue weighted by molar-refractivity contribution is 7.80. The molecule has 3 rings (SSSR count). The highest BCUT2D eigenvalue weighted by Crippen LogP contribution is 2.31. The van der Waals surface area contributed by atoms with Crippen LogP contribution in [0.1, 0.15) is 58.2 Å². The second-order valence-corrected chi connectivity index (χ2v) is 11.2. The summed E-state index contributed by atoms with van der Waals surface area (Å²) in [6.45, 7) is 10.7. The van der Waals surface area contributed by atoms with E-state index in [2.05, 4.69) is 23.3 Å². The number of amides is 3. The number of hydrogen-bond donors (Lipinski definition) is 4. The van der Waals surface area contributed by atoms with Crippen LogP contribution in [0.3, 0.4) is 0 Å². The van der Waals surface area contributed by atoms with Gasteiger partial charge in [0.15, 0.2) is 0 Å². The van der Waals surface area contributed by atoms with E-state index in [4.69, 9.17) is 4.74 Å². The molecule has 3 aromatic rings. The molecule has 214 valence electrons. The highest BCUT2D eigenvalue weighted by Gasteiger charge is 2.38. The minimum absolute atomic E-state index is 0.00136. The van der Waals surface area contributed by atoms with Gasteiger partial charge in [-0.25, -0.2) is 4.79 Å². The van der Waals surface area contributed by atoms with Crippen molar-refractivity contribution in [2.45, 2.75) is 71.7 Å². The molecular weight excluding hydrogens is 526 g/mol. The standard InChI is InChI=1S/C31H39N3O5S/c1-7-20(3)34(29(37)25(18-40)33-30(38)39-31(4,5)6)27(23-13-15-26(35)19(2)16-23)28(36)32-24-14-12-21-10-8-9-11-22(21)17-24/h8-17,20,25,27,35,40H,7,18H2,1-6H3,(H,32,36)(H,33,38). The molecule has 0 saturated carbocycles. The summed E-state index contributed by atoms with van der Waals surface area (Å²) in [5, 5.41) is 17.8. The Labute approximate surface area is 241 Å². The van der Waals surface area contributed by atoms with Crippen LogP contribution < -0.4 is 10.6 Å². The van der Waals surface area contributed by atoms with E-state index in [1.54, 1.807) is 39.8 Å². The molecule has 3 N–H and O–H groups in total. The van der Waals surface area contributed by atoms with Gasteiger partial charge in [-0.2, -0.15) is 12.6 Å². The second kappa shape index (κ2) is 13.1. The van der Waals surface area contributed by atoms with Crippen LogP contribution >= 0.6 is 12.6 Å². The summed E-state index contributed by atoms with van der Waals surface area (Å²) in [7, 11) is 0. The zero-order valence-electron chi connectivity index (χ0n) is 23.9. The minimum atomic E-state index is -1.06. The number of thiol groups is 1. The molecule has 0 fully saturated rings. The van der Waals surface area contributed by atoms with Gasteiger partial charge in [0.25, 0.3) is 5.91 Å². The van der Waals surface area contributed by atoms with Gasteiger partial charge in [-0.15, -0.1) is 0 Å². The van der Waals surface area contributed by atoms with Crippen molar-refractivity contribution in [3.05, 3.63) is 71.8 Å². The lowest BCUT2D eigenvalue weighted by molar-refractivity contribution is -0.142. The van der Waals surface area contributed by atoms with Crippen molar-refractivity contribution in [1.82, 2.24) is 10.2 Å². The van der Waals surface area contributed by atoms with E-state index in [1.165, 1.54) is 11.0 Å². The molecule has 0 saturated heterocycles. The minimum Gasteiger partial charge on any atom is -0.508 e. The fraction of sp³-hybridized carbons (Fsp3) is 0.387. The average Bonchev–Trinajstić information content (AvgIpc) is 2.90. The number of carbonyl (C=O) groups is 3. The fourth-order valence-electron chi connectivity index (χ4n) is 4.38. The number of nitrogens with one attached hydrogen (secondary N) is 2. The van der Waals surface area contributed by atoms with Crippen LogP contribution in [0.4, 0.5) is 10.5 Å².